The van der Waals surface area contributed by atoms with Crippen LogP contribution >= 0.6 is 0 Å². The number of amides is 2. The number of benzene rings is 2. The van der Waals surface area contributed by atoms with Gasteiger partial charge in [0.15, 0.2) is 0 Å². The molecule has 11 heteroatoms. The quantitative estimate of drug-likeness (QED) is 0.430. The summed E-state index contributed by atoms with van der Waals surface area (Å²) in [5, 5.41) is 21.5. The lowest BCUT2D eigenvalue weighted by Gasteiger charge is -2.25. The minimum Gasteiger partial charge on any atom is -0.410 e. The number of ether oxygens (including phenoxy) is 1. The summed E-state index contributed by atoms with van der Waals surface area (Å²) in [4.78, 5) is 26.4. The van der Waals surface area contributed by atoms with Crippen LogP contribution in [-0.4, -0.2) is 85.3 Å². The van der Waals surface area contributed by atoms with Crippen LogP contribution in [0.15, 0.2) is 53.4 Å². The Hall–Kier alpha value is -2.99. The number of rotatable bonds is 10. The summed E-state index contributed by atoms with van der Waals surface area (Å²) in [5.74, 6) is -0.124. The first-order valence-corrected chi connectivity index (χ1v) is 13.2. The largest absolute Gasteiger partial charge is 0.415 e. The molecule has 3 rings (SSSR count). The zero-order valence-corrected chi connectivity index (χ0v) is 21.3. The van der Waals surface area contributed by atoms with Crippen molar-refractivity contribution < 1.29 is 33.0 Å². The molecule has 2 atom stereocenters. The highest BCUT2D eigenvalue weighted by Crippen LogP contribution is 2.26. The first-order chi connectivity index (χ1) is 17.1. The minimum absolute atomic E-state index is 0.148. The Morgan fingerprint density at radius 1 is 1.14 bits per heavy atom. The highest BCUT2D eigenvalue weighted by molar-refractivity contribution is 7.89. The smallest absolute Gasteiger partial charge is 0.410 e. The van der Waals surface area contributed by atoms with Crippen LogP contribution in [0.1, 0.15) is 24.0 Å². The lowest BCUT2D eigenvalue weighted by molar-refractivity contribution is -0.125. The standard InChI is InChI=1S/C25H33N3O7S/c1-18-5-11-22(12-6-18)36(33,34)28-13-3-4-23(28)24(31)26-20(17-30)16-19-7-9-21(10-8-19)35-25(32)27(2)14-15-29/h5-12,20,23,29-30H,3-4,13-17H2,1-2H3,(H,26,31)/t20-,23-/m0/s1. The number of sulfonamides is 1. The van der Waals surface area contributed by atoms with Gasteiger partial charge < -0.3 is 25.2 Å². The summed E-state index contributed by atoms with van der Waals surface area (Å²) in [7, 11) is -2.31. The first kappa shape index (κ1) is 27.6. The van der Waals surface area contributed by atoms with Crippen molar-refractivity contribution in [1.82, 2.24) is 14.5 Å². The van der Waals surface area contributed by atoms with Gasteiger partial charge >= 0.3 is 6.09 Å². The van der Waals surface area contributed by atoms with Crippen LogP contribution in [0.3, 0.4) is 0 Å². The Kier molecular flexibility index (Phi) is 9.43. The molecule has 0 saturated carbocycles. The molecule has 1 aliphatic heterocycles. The molecule has 196 valence electrons. The van der Waals surface area contributed by atoms with Gasteiger partial charge in [-0.15, -0.1) is 0 Å². The number of hydrogen-bond acceptors (Lipinski definition) is 7. The van der Waals surface area contributed by atoms with Crippen molar-refractivity contribution in [3.8, 4) is 5.75 Å². The summed E-state index contributed by atoms with van der Waals surface area (Å²) in [5.41, 5.74) is 1.73. The van der Waals surface area contributed by atoms with Crippen molar-refractivity contribution in [3.63, 3.8) is 0 Å². The molecule has 10 nitrogen and oxygen atoms in total. The van der Waals surface area contributed by atoms with Crippen LogP contribution in [0.5, 0.6) is 5.75 Å². The number of likely N-dealkylation sites (N-methyl/N-ethyl adjacent to an activating group) is 1. The molecule has 2 aromatic carbocycles. The Balaban J connectivity index is 1.62. The van der Waals surface area contributed by atoms with Crippen LogP contribution in [0.2, 0.25) is 0 Å². The molecule has 0 aliphatic carbocycles. The fourth-order valence-electron chi connectivity index (χ4n) is 3.99. The van der Waals surface area contributed by atoms with Crippen LogP contribution in [0.4, 0.5) is 4.79 Å². The number of carbonyl (C=O) groups excluding carboxylic acids is 2. The number of aryl methyl sites for hydroxylation is 1. The van der Waals surface area contributed by atoms with E-state index in [-0.39, 0.29) is 31.2 Å². The van der Waals surface area contributed by atoms with Gasteiger partial charge in [0.1, 0.15) is 11.8 Å². The molecule has 1 fully saturated rings. The van der Waals surface area contributed by atoms with Gasteiger partial charge in [-0.1, -0.05) is 29.8 Å². The maximum Gasteiger partial charge on any atom is 0.415 e. The third-order valence-electron chi connectivity index (χ3n) is 6.06. The lowest BCUT2D eigenvalue weighted by Crippen LogP contribution is -2.50. The maximum atomic E-state index is 13.1. The second kappa shape index (κ2) is 12.3. The monoisotopic (exact) mass is 519 g/mol. The zero-order chi connectivity index (χ0) is 26.3. The van der Waals surface area contributed by atoms with Crippen molar-refractivity contribution in [2.45, 2.75) is 43.2 Å². The molecule has 1 saturated heterocycles. The summed E-state index contributed by atoms with van der Waals surface area (Å²) >= 11 is 0. The predicted molar refractivity (Wildman–Crippen MR) is 133 cm³/mol. The Bertz CT molecular complexity index is 1140. The van der Waals surface area contributed by atoms with E-state index in [0.717, 1.165) is 11.1 Å². The average molecular weight is 520 g/mol. The molecular formula is C25H33N3O7S. The van der Waals surface area contributed by atoms with E-state index in [1.807, 2.05) is 6.92 Å². The molecule has 0 unspecified atom stereocenters. The van der Waals surface area contributed by atoms with Crippen LogP contribution < -0.4 is 10.1 Å². The van der Waals surface area contributed by atoms with E-state index in [0.29, 0.717) is 25.0 Å². The number of hydrogen-bond donors (Lipinski definition) is 3. The second-order valence-electron chi connectivity index (χ2n) is 8.84. The van der Waals surface area contributed by atoms with E-state index >= 15 is 0 Å². The van der Waals surface area contributed by atoms with E-state index in [2.05, 4.69) is 5.32 Å². The fourth-order valence-corrected chi connectivity index (χ4v) is 5.65. The summed E-state index contributed by atoms with van der Waals surface area (Å²) < 4.78 is 32.7. The summed E-state index contributed by atoms with van der Waals surface area (Å²) in [6.07, 6.45) is 0.678. The number of nitrogens with zero attached hydrogens (tertiary/aromatic N) is 2. The molecule has 1 aliphatic rings. The minimum atomic E-state index is -3.82. The molecule has 3 N–H and O–H groups in total. The first-order valence-electron chi connectivity index (χ1n) is 11.8. The third kappa shape index (κ3) is 6.82. The van der Waals surface area contributed by atoms with Gasteiger partial charge in [0.05, 0.1) is 24.2 Å². The lowest BCUT2D eigenvalue weighted by atomic mass is 10.1. The van der Waals surface area contributed by atoms with Crippen molar-refractivity contribution >= 4 is 22.0 Å². The third-order valence-corrected chi connectivity index (χ3v) is 7.98. The van der Waals surface area contributed by atoms with Crippen molar-refractivity contribution in [1.29, 1.82) is 0 Å². The van der Waals surface area contributed by atoms with Crippen molar-refractivity contribution in [2.75, 3.05) is 33.4 Å². The molecule has 0 aromatic heterocycles. The summed E-state index contributed by atoms with van der Waals surface area (Å²) in [6, 6.07) is 11.7. The highest BCUT2D eigenvalue weighted by Gasteiger charge is 2.39. The Labute approximate surface area is 211 Å². The van der Waals surface area contributed by atoms with Gasteiger partial charge in [-0.2, -0.15) is 4.31 Å². The highest BCUT2D eigenvalue weighted by atomic mass is 32.2. The van der Waals surface area contributed by atoms with E-state index in [4.69, 9.17) is 9.84 Å². The van der Waals surface area contributed by atoms with Crippen molar-refractivity contribution in [3.05, 3.63) is 59.7 Å². The van der Waals surface area contributed by atoms with E-state index in [9.17, 15) is 23.1 Å². The van der Waals surface area contributed by atoms with E-state index in [1.54, 1.807) is 48.5 Å². The van der Waals surface area contributed by atoms with Gasteiger partial charge in [-0.3, -0.25) is 4.79 Å². The van der Waals surface area contributed by atoms with E-state index in [1.165, 1.54) is 16.3 Å². The van der Waals surface area contributed by atoms with Crippen LogP contribution in [-0.2, 0) is 21.2 Å². The number of aliphatic hydroxyl groups excluding tert-OH is 2. The molecule has 2 amide bonds. The Morgan fingerprint density at radius 3 is 2.42 bits per heavy atom. The average Bonchev–Trinajstić information content (AvgIpc) is 3.36. The van der Waals surface area contributed by atoms with Gasteiger partial charge in [-0.25, -0.2) is 13.2 Å². The molecular weight excluding hydrogens is 486 g/mol. The molecule has 0 bridgehead atoms. The van der Waals surface area contributed by atoms with E-state index < -0.39 is 34.1 Å². The topological polar surface area (TPSA) is 136 Å². The van der Waals surface area contributed by atoms with Crippen LogP contribution in [0, 0.1) is 6.92 Å². The SMILES string of the molecule is Cc1ccc(S(=O)(=O)N2CCC[C@H]2C(=O)N[C@H](CO)Cc2ccc(OC(=O)N(C)CCO)cc2)cc1. The zero-order valence-electron chi connectivity index (χ0n) is 20.5. The second-order valence-corrected chi connectivity index (χ2v) is 10.7. The molecule has 0 spiro atoms. The van der Waals surface area contributed by atoms with Crippen molar-refractivity contribution in [2.24, 2.45) is 0 Å². The maximum absolute atomic E-state index is 13.1. The predicted octanol–water partition coefficient (Wildman–Crippen LogP) is 1.29. The molecule has 36 heavy (non-hydrogen) atoms. The molecule has 1 heterocycles. The van der Waals surface area contributed by atoms with Crippen LogP contribution in [0.25, 0.3) is 0 Å². The van der Waals surface area contributed by atoms with Gasteiger partial charge in [0, 0.05) is 20.1 Å². The van der Waals surface area contributed by atoms with Gasteiger partial charge in [-0.05, 0) is 56.0 Å². The van der Waals surface area contributed by atoms with Gasteiger partial charge in [0.25, 0.3) is 0 Å². The normalized spacial score (nSPS) is 16.9. The molecule has 2 aromatic rings. The summed E-state index contributed by atoms with van der Waals surface area (Å²) in [6.45, 7) is 1.78. The number of carbonyl (C=O) groups is 2. The molecule has 0 radical (unpaired) electrons. The fraction of sp³-hybridized carbons (Fsp3) is 0.440. The Morgan fingerprint density at radius 2 is 1.81 bits per heavy atom. The number of aliphatic hydroxyl groups is 2. The number of nitrogens with one attached hydrogen (secondary N) is 1. The van der Waals surface area contributed by atoms with Gasteiger partial charge in [0.2, 0.25) is 15.9 Å².